The van der Waals surface area contributed by atoms with Gasteiger partial charge in [-0.3, -0.25) is 4.79 Å². The number of hydrogen-bond donors (Lipinski definition) is 3. The van der Waals surface area contributed by atoms with E-state index in [9.17, 15) is 9.90 Å². The van der Waals surface area contributed by atoms with Crippen molar-refractivity contribution in [2.45, 2.75) is 37.8 Å². The van der Waals surface area contributed by atoms with Gasteiger partial charge in [-0.05, 0) is 36.8 Å². The molecule has 0 heterocycles. The second kappa shape index (κ2) is 10.6. The van der Waals surface area contributed by atoms with Crippen LogP contribution in [0.5, 0.6) is 0 Å². The minimum absolute atomic E-state index is 0.106. The van der Waals surface area contributed by atoms with Crippen molar-refractivity contribution in [1.29, 1.82) is 0 Å². The highest BCUT2D eigenvalue weighted by molar-refractivity contribution is 5.73. The van der Waals surface area contributed by atoms with E-state index in [-0.39, 0.29) is 11.9 Å². The summed E-state index contributed by atoms with van der Waals surface area (Å²) >= 11 is 0. The lowest BCUT2D eigenvalue weighted by Crippen LogP contribution is -2.38. The number of primary amides is 1. The molecular formula is C21H27N2O2. The molecule has 2 aromatic rings. The molecule has 4 N–H and O–H groups in total. The highest BCUT2D eigenvalue weighted by Gasteiger charge is 2.13. The number of carbonyl (C=O) groups excluding carboxylic acids is 1. The van der Waals surface area contributed by atoms with Crippen molar-refractivity contribution in [2.75, 3.05) is 6.54 Å². The Labute approximate surface area is 150 Å². The van der Waals surface area contributed by atoms with Crippen LogP contribution in [0.15, 0.2) is 60.7 Å². The smallest absolute Gasteiger partial charge is 0.217 e. The number of amides is 1. The molecule has 1 amide bonds. The molecule has 0 aliphatic heterocycles. The summed E-state index contributed by atoms with van der Waals surface area (Å²) in [6, 6.07) is 20.3. The van der Waals surface area contributed by atoms with E-state index in [1.807, 2.05) is 55.0 Å². The molecule has 4 nitrogen and oxygen atoms in total. The van der Waals surface area contributed by atoms with Crippen molar-refractivity contribution in [3.63, 3.8) is 0 Å². The summed E-state index contributed by atoms with van der Waals surface area (Å²) in [6.07, 6.45) is 3.90. The Balaban J connectivity index is 1.79. The predicted octanol–water partition coefficient (Wildman–Crippen LogP) is 2.26. The quantitative estimate of drug-likeness (QED) is 0.588. The molecule has 2 atom stereocenters. The summed E-state index contributed by atoms with van der Waals surface area (Å²) < 4.78 is 0. The van der Waals surface area contributed by atoms with E-state index >= 15 is 0 Å². The van der Waals surface area contributed by atoms with Crippen molar-refractivity contribution < 1.29 is 9.90 Å². The van der Waals surface area contributed by atoms with Crippen LogP contribution in [0.4, 0.5) is 0 Å². The first kappa shape index (κ1) is 19.2. The number of nitrogens with one attached hydrogen (secondary N) is 1. The normalized spacial score (nSPS) is 13.3. The Morgan fingerprint density at radius 2 is 1.64 bits per heavy atom. The van der Waals surface area contributed by atoms with Gasteiger partial charge in [0.15, 0.2) is 0 Å². The molecule has 25 heavy (non-hydrogen) atoms. The standard InChI is InChI=1S/C21H27N2O2/c22-21(25)14-12-19(15-18-9-5-2-6-10-18)23-16-20(24)13-11-17-7-3-1-4-8-17/h1-10,13,19-20,23-24H,11-12,14-16H2,(H2,22,25)/t19-,20-/m0/s1. The van der Waals surface area contributed by atoms with Crippen LogP contribution in [0.2, 0.25) is 0 Å². The van der Waals surface area contributed by atoms with Crippen LogP contribution in [0, 0.1) is 6.42 Å². The van der Waals surface area contributed by atoms with Gasteiger partial charge in [-0.25, -0.2) is 0 Å². The van der Waals surface area contributed by atoms with Gasteiger partial charge in [0.25, 0.3) is 0 Å². The number of aliphatic hydroxyl groups excluding tert-OH is 1. The van der Waals surface area contributed by atoms with Crippen LogP contribution in [0.3, 0.4) is 0 Å². The molecule has 0 aromatic heterocycles. The molecule has 0 aliphatic carbocycles. The summed E-state index contributed by atoms with van der Waals surface area (Å²) in [5.74, 6) is -0.295. The highest BCUT2D eigenvalue weighted by Crippen LogP contribution is 2.09. The van der Waals surface area contributed by atoms with Gasteiger partial charge in [0.2, 0.25) is 5.91 Å². The zero-order valence-electron chi connectivity index (χ0n) is 14.5. The van der Waals surface area contributed by atoms with E-state index in [0.717, 1.165) is 12.8 Å². The van der Waals surface area contributed by atoms with E-state index in [2.05, 4.69) is 17.4 Å². The molecule has 0 saturated carbocycles. The summed E-state index contributed by atoms with van der Waals surface area (Å²) in [4.78, 5) is 11.1. The lowest BCUT2D eigenvalue weighted by Gasteiger charge is -2.20. The van der Waals surface area contributed by atoms with E-state index in [1.54, 1.807) is 0 Å². The molecule has 1 radical (unpaired) electrons. The van der Waals surface area contributed by atoms with Crippen molar-refractivity contribution in [3.05, 3.63) is 78.2 Å². The van der Waals surface area contributed by atoms with Crippen LogP contribution < -0.4 is 11.1 Å². The Bertz CT molecular complexity index is 616. The maximum absolute atomic E-state index is 11.1. The average molecular weight is 339 g/mol. The zero-order valence-corrected chi connectivity index (χ0v) is 14.5. The number of hydrogen-bond acceptors (Lipinski definition) is 3. The first-order valence-corrected chi connectivity index (χ1v) is 8.74. The molecule has 0 saturated heterocycles. The number of aliphatic hydroxyl groups is 1. The third-order valence-electron chi connectivity index (χ3n) is 4.15. The third kappa shape index (κ3) is 7.96. The van der Waals surface area contributed by atoms with Gasteiger partial charge in [0.05, 0.1) is 6.10 Å². The van der Waals surface area contributed by atoms with E-state index in [0.29, 0.717) is 19.4 Å². The van der Waals surface area contributed by atoms with Crippen molar-refractivity contribution in [1.82, 2.24) is 5.32 Å². The number of benzene rings is 2. The number of rotatable bonds is 11. The maximum Gasteiger partial charge on any atom is 0.217 e. The summed E-state index contributed by atoms with van der Waals surface area (Å²) in [7, 11) is 0. The predicted molar refractivity (Wildman–Crippen MR) is 101 cm³/mol. The summed E-state index contributed by atoms with van der Waals surface area (Å²) in [6.45, 7) is 0.461. The van der Waals surface area contributed by atoms with Crippen LogP contribution in [-0.2, 0) is 17.6 Å². The van der Waals surface area contributed by atoms with Gasteiger partial charge in [-0.15, -0.1) is 0 Å². The van der Waals surface area contributed by atoms with Gasteiger partial charge in [-0.1, -0.05) is 60.7 Å². The summed E-state index contributed by atoms with van der Waals surface area (Å²) in [5.41, 5.74) is 7.66. The van der Waals surface area contributed by atoms with E-state index < -0.39 is 6.10 Å². The maximum atomic E-state index is 11.1. The molecule has 2 aromatic carbocycles. The Hall–Kier alpha value is -2.17. The van der Waals surface area contributed by atoms with Crippen molar-refractivity contribution >= 4 is 5.91 Å². The topological polar surface area (TPSA) is 75.4 Å². The zero-order chi connectivity index (χ0) is 17.9. The Kier molecular flexibility index (Phi) is 8.16. The van der Waals surface area contributed by atoms with Crippen LogP contribution in [0.25, 0.3) is 0 Å². The van der Waals surface area contributed by atoms with Gasteiger partial charge >= 0.3 is 0 Å². The fraction of sp³-hybridized carbons (Fsp3) is 0.333. The molecular weight excluding hydrogens is 312 g/mol. The SMILES string of the molecule is NC(=O)CC[C@@H](Cc1ccccc1)NC[C@@H](O)[CH]Cc1ccccc1. The molecule has 2 rings (SSSR count). The minimum Gasteiger partial charge on any atom is -0.391 e. The van der Waals surface area contributed by atoms with E-state index in [4.69, 9.17) is 5.73 Å². The number of nitrogens with two attached hydrogens (primary N) is 1. The second-order valence-electron chi connectivity index (χ2n) is 6.29. The monoisotopic (exact) mass is 339 g/mol. The largest absolute Gasteiger partial charge is 0.391 e. The Morgan fingerprint density at radius 3 is 2.24 bits per heavy atom. The van der Waals surface area contributed by atoms with Crippen LogP contribution in [0.1, 0.15) is 24.0 Å². The summed E-state index contributed by atoms with van der Waals surface area (Å²) in [5, 5.41) is 13.6. The van der Waals surface area contributed by atoms with E-state index in [1.165, 1.54) is 11.1 Å². The van der Waals surface area contributed by atoms with Crippen LogP contribution in [-0.4, -0.2) is 29.7 Å². The fourth-order valence-electron chi connectivity index (χ4n) is 2.75. The van der Waals surface area contributed by atoms with Gasteiger partial charge < -0.3 is 16.2 Å². The second-order valence-corrected chi connectivity index (χ2v) is 6.29. The Morgan fingerprint density at radius 1 is 1.04 bits per heavy atom. The third-order valence-corrected chi connectivity index (χ3v) is 4.15. The average Bonchev–Trinajstić information content (AvgIpc) is 2.64. The van der Waals surface area contributed by atoms with Gasteiger partial charge in [-0.2, -0.15) is 0 Å². The number of carbonyl (C=O) groups is 1. The molecule has 0 unspecified atom stereocenters. The molecule has 0 spiro atoms. The minimum atomic E-state index is -0.535. The first-order valence-electron chi connectivity index (χ1n) is 8.74. The van der Waals surface area contributed by atoms with Crippen molar-refractivity contribution in [2.24, 2.45) is 5.73 Å². The van der Waals surface area contributed by atoms with Gasteiger partial charge in [0, 0.05) is 19.0 Å². The molecule has 0 bridgehead atoms. The molecule has 4 heteroatoms. The van der Waals surface area contributed by atoms with Crippen LogP contribution >= 0.6 is 0 Å². The molecule has 133 valence electrons. The van der Waals surface area contributed by atoms with Gasteiger partial charge in [0.1, 0.15) is 0 Å². The first-order chi connectivity index (χ1) is 12.1. The lowest BCUT2D eigenvalue weighted by molar-refractivity contribution is -0.118. The highest BCUT2D eigenvalue weighted by atomic mass is 16.3. The van der Waals surface area contributed by atoms with Crippen molar-refractivity contribution in [3.8, 4) is 0 Å². The molecule has 0 fully saturated rings. The molecule has 0 aliphatic rings. The lowest BCUT2D eigenvalue weighted by atomic mass is 10.0. The fourth-order valence-corrected chi connectivity index (χ4v) is 2.75.